The summed E-state index contributed by atoms with van der Waals surface area (Å²) in [6.07, 6.45) is 0.840. The standard InChI is InChI=1S/C42H30/c1-5-13-35-25-30(17-18-31(35)9-1)29-42(39-22-19-32-10-2-6-14-36(32)26-39,40-23-20-33-11-3-7-15-37(33)27-40)41-24-21-34-12-4-8-16-38(34)28-41/h1-28H,29H2. The van der Waals surface area contributed by atoms with Gasteiger partial charge in [0.15, 0.2) is 0 Å². The zero-order chi connectivity index (χ0) is 27.9. The van der Waals surface area contributed by atoms with Gasteiger partial charge in [-0.3, -0.25) is 0 Å². The SMILES string of the molecule is c1ccc2cc(CC(c3ccc4ccccc4c3)(c3ccc4ccccc4c3)c3ccc4ccccc4c3)ccc2c1. The zero-order valence-electron chi connectivity index (χ0n) is 23.4. The van der Waals surface area contributed by atoms with Gasteiger partial charge in [0.05, 0.1) is 0 Å². The lowest BCUT2D eigenvalue weighted by Crippen LogP contribution is -2.32. The first-order chi connectivity index (χ1) is 20.8. The van der Waals surface area contributed by atoms with Crippen LogP contribution in [0.25, 0.3) is 43.1 Å². The van der Waals surface area contributed by atoms with Crippen molar-refractivity contribution in [3.05, 3.63) is 192 Å². The van der Waals surface area contributed by atoms with E-state index in [4.69, 9.17) is 0 Å². The normalized spacial score (nSPS) is 11.9. The third-order valence-corrected chi connectivity index (χ3v) is 9.01. The summed E-state index contributed by atoms with van der Waals surface area (Å²) in [6.45, 7) is 0. The highest BCUT2D eigenvalue weighted by molar-refractivity contribution is 5.88. The number of rotatable bonds is 5. The van der Waals surface area contributed by atoms with Crippen LogP contribution in [0.4, 0.5) is 0 Å². The molecule has 0 amide bonds. The molecule has 0 aliphatic rings. The van der Waals surface area contributed by atoms with E-state index in [9.17, 15) is 0 Å². The highest BCUT2D eigenvalue weighted by Crippen LogP contribution is 2.45. The largest absolute Gasteiger partial charge is 0.0616 e. The summed E-state index contributed by atoms with van der Waals surface area (Å²) in [7, 11) is 0. The Hall–Kier alpha value is -5.20. The molecule has 0 aromatic heterocycles. The van der Waals surface area contributed by atoms with E-state index < -0.39 is 5.41 Å². The molecule has 0 heteroatoms. The van der Waals surface area contributed by atoms with Crippen LogP contribution in [0.15, 0.2) is 170 Å². The van der Waals surface area contributed by atoms with E-state index in [1.807, 2.05) is 0 Å². The quantitative estimate of drug-likeness (QED) is 0.193. The van der Waals surface area contributed by atoms with Crippen molar-refractivity contribution < 1.29 is 0 Å². The van der Waals surface area contributed by atoms with Gasteiger partial charge >= 0.3 is 0 Å². The minimum atomic E-state index is -0.416. The second-order valence-electron chi connectivity index (χ2n) is 11.4. The van der Waals surface area contributed by atoms with Gasteiger partial charge in [-0.25, -0.2) is 0 Å². The molecule has 42 heavy (non-hydrogen) atoms. The molecule has 0 unspecified atom stereocenters. The van der Waals surface area contributed by atoms with Crippen molar-refractivity contribution in [2.45, 2.75) is 11.8 Å². The minimum absolute atomic E-state index is 0.416. The Morgan fingerprint density at radius 2 is 0.595 bits per heavy atom. The van der Waals surface area contributed by atoms with Gasteiger partial charge in [0.1, 0.15) is 0 Å². The maximum atomic E-state index is 2.42. The van der Waals surface area contributed by atoms with Gasteiger partial charge in [0, 0.05) is 5.41 Å². The Balaban J connectivity index is 1.46. The lowest BCUT2D eigenvalue weighted by molar-refractivity contribution is 0.616. The van der Waals surface area contributed by atoms with E-state index in [-0.39, 0.29) is 0 Å². The molecule has 0 bridgehead atoms. The van der Waals surface area contributed by atoms with Gasteiger partial charge in [-0.2, -0.15) is 0 Å². The van der Waals surface area contributed by atoms with Crippen molar-refractivity contribution >= 4 is 43.1 Å². The highest BCUT2D eigenvalue weighted by atomic mass is 14.4. The lowest BCUT2D eigenvalue weighted by atomic mass is 9.65. The Morgan fingerprint density at radius 3 is 0.976 bits per heavy atom. The molecule has 0 heterocycles. The Kier molecular flexibility index (Phi) is 5.86. The van der Waals surface area contributed by atoms with Crippen LogP contribution in [-0.2, 0) is 11.8 Å². The molecule has 0 nitrogen and oxygen atoms in total. The molecule has 8 aromatic carbocycles. The summed E-state index contributed by atoms with van der Waals surface area (Å²) in [5, 5.41) is 10.1. The predicted octanol–water partition coefficient (Wildman–Crippen LogP) is 10.9. The van der Waals surface area contributed by atoms with Crippen LogP contribution in [0.5, 0.6) is 0 Å². The monoisotopic (exact) mass is 534 g/mol. The van der Waals surface area contributed by atoms with Crippen molar-refractivity contribution in [2.75, 3.05) is 0 Å². The second-order valence-corrected chi connectivity index (χ2v) is 11.4. The molecular weight excluding hydrogens is 504 g/mol. The van der Waals surface area contributed by atoms with E-state index in [2.05, 4.69) is 170 Å². The molecule has 0 radical (unpaired) electrons. The smallest absolute Gasteiger partial charge is 0.0492 e. The molecule has 0 aliphatic carbocycles. The summed E-state index contributed by atoms with van der Waals surface area (Å²) in [4.78, 5) is 0. The van der Waals surface area contributed by atoms with Crippen molar-refractivity contribution in [3.8, 4) is 0 Å². The van der Waals surface area contributed by atoms with Crippen molar-refractivity contribution in [2.24, 2.45) is 0 Å². The molecular formula is C42H30. The minimum Gasteiger partial charge on any atom is -0.0616 e. The third-order valence-electron chi connectivity index (χ3n) is 9.01. The fraction of sp³-hybridized carbons (Fsp3) is 0.0476. The zero-order valence-corrected chi connectivity index (χ0v) is 23.4. The van der Waals surface area contributed by atoms with Crippen LogP contribution in [-0.4, -0.2) is 0 Å². The van der Waals surface area contributed by atoms with E-state index in [1.54, 1.807) is 0 Å². The van der Waals surface area contributed by atoms with Crippen molar-refractivity contribution in [1.82, 2.24) is 0 Å². The summed E-state index contributed by atoms with van der Waals surface area (Å²) in [5.41, 5.74) is 4.82. The van der Waals surface area contributed by atoms with E-state index in [0.717, 1.165) is 6.42 Å². The molecule has 0 aliphatic heterocycles. The summed E-state index contributed by atoms with van der Waals surface area (Å²) in [5.74, 6) is 0. The number of hydrogen-bond acceptors (Lipinski definition) is 0. The van der Waals surface area contributed by atoms with E-state index >= 15 is 0 Å². The fourth-order valence-electron chi connectivity index (χ4n) is 6.83. The second kappa shape index (κ2) is 10.0. The molecule has 198 valence electrons. The van der Waals surface area contributed by atoms with Crippen molar-refractivity contribution in [3.63, 3.8) is 0 Å². The topological polar surface area (TPSA) is 0 Å². The molecule has 0 spiro atoms. The maximum absolute atomic E-state index is 2.42. The predicted molar refractivity (Wildman–Crippen MR) is 179 cm³/mol. The summed E-state index contributed by atoms with van der Waals surface area (Å²) >= 11 is 0. The van der Waals surface area contributed by atoms with Gasteiger partial charge in [-0.05, 0) is 90.0 Å². The molecule has 0 atom stereocenters. The lowest BCUT2D eigenvalue weighted by Gasteiger charge is -2.37. The van der Waals surface area contributed by atoms with E-state index in [0.29, 0.717) is 0 Å². The average Bonchev–Trinajstić information content (AvgIpc) is 3.06. The molecule has 0 saturated heterocycles. The molecule has 0 saturated carbocycles. The van der Waals surface area contributed by atoms with Crippen LogP contribution in [0, 0.1) is 0 Å². The summed E-state index contributed by atoms with van der Waals surface area (Å²) in [6, 6.07) is 63.0. The maximum Gasteiger partial charge on any atom is 0.0492 e. The Morgan fingerprint density at radius 1 is 0.286 bits per heavy atom. The van der Waals surface area contributed by atoms with E-state index in [1.165, 1.54) is 65.3 Å². The van der Waals surface area contributed by atoms with Gasteiger partial charge in [0.25, 0.3) is 0 Å². The molecule has 0 fully saturated rings. The Bertz CT molecular complexity index is 2050. The van der Waals surface area contributed by atoms with Crippen LogP contribution in [0.3, 0.4) is 0 Å². The number of fused-ring (bicyclic) bond motifs is 4. The first-order valence-electron chi connectivity index (χ1n) is 14.7. The first-order valence-corrected chi connectivity index (χ1v) is 14.7. The number of benzene rings is 8. The molecule has 8 rings (SSSR count). The average molecular weight is 535 g/mol. The van der Waals surface area contributed by atoms with Crippen LogP contribution in [0.2, 0.25) is 0 Å². The van der Waals surface area contributed by atoms with Gasteiger partial charge in [-0.1, -0.05) is 152 Å². The fourth-order valence-corrected chi connectivity index (χ4v) is 6.83. The van der Waals surface area contributed by atoms with Crippen molar-refractivity contribution in [1.29, 1.82) is 0 Å². The van der Waals surface area contributed by atoms with Gasteiger partial charge in [0.2, 0.25) is 0 Å². The molecule has 0 N–H and O–H groups in total. The summed E-state index contributed by atoms with van der Waals surface area (Å²) < 4.78 is 0. The Labute approximate surface area is 246 Å². The van der Waals surface area contributed by atoms with Gasteiger partial charge in [-0.15, -0.1) is 0 Å². The van der Waals surface area contributed by atoms with Crippen LogP contribution < -0.4 is 0 Å². The number of hydrogen-bond donors (Lipinski definition) is 0. The first kappa shape index (κ1) is 24.6. The van der Waals surface area contributed by atoms with Crippen LogP contribution >= 0.6 is 0 Å². The third kappa shape index (κ3) is 4.16. The van der Waals surface area contributed by atoms with Gasteiger partial charge < -0.3 is 0 Å². The highest BCUT2D eigenvalue weighted by Gasteiger charge is 2.37. The molecule has 8 aromatic rings. The van der Waals surface area contributed by atoms with Crippen LogP contribution in [0.1, 0.15) is 22.3 Å².